The monoisotopic (exact) mass is 279 g/mol. The predicted molar refractivity (Wildman–Crippen MR) is 59.7 cm³/mol. The molecule has 1 aromatic rings. The molecular weight excluding hydrogens is 269 g/mol. The van der Waals surface area contributed by atoms with E-state index in [9.17, 15) is 5.11 Å². The number of aliphatic hydroxyl groups excluding tert-OH is 1. The molecule has 5 heteroatoms. The van der Waals surface area contributed by atoms with Crippen LogP contribution >= 0.6 is 27.5 Å². The van der Waals surface area contributed by atoms with Gasteiger partial charge in [-0.1, -0.05) is 27.5 Å². The van der Waals surface area contributed by atoms with Gasteiger partial charge in [-0.2, -0.15) is 0 Å². The Morgan fingerprint density at radius 1 is 1.64 bits per heavy atom. The number of hydrogen-bond donors (Lipinski definition) is 2. The smallest absolute Gasteiger partial charge is 0.143 e. The summed E-state index contributed by atoms with van der Waals surface area (Å²) in [5, 5.41) is 10.1. The lowest BCUT2D eigenvalue weighted by Crippen LogP contribution is -2.12. The van der Waals surface area contributed by atoms with Crippen molar-refractivity contribution in [3.63, 3.8) is 0 Å². The molecule has 1 aromatic carbocycles. The van der Waals surface area contributed by atoms with Gasteiger partial charge in [-0.3, -0.25) is 0 Å². The number of benzene rings is 1. The fourth-order valence-corrected chi connectivity index (χ4v) is 2.08. The first-order valence-corrected chi connectivity index (χ1v) is 5.18. The van der Waals surface area contributed by atoms with Gasteiger partial charge in [0.1, 0.15) is 5.75 Å². The molecule has 1 rings (SSSR count). The van der Waals surface area contributed by atoms with Gasteiger partial charge in [0.25, 0.3) is 0 Å². The molecular formula is C9H11BrClNO2. The SMILES string of the molecule is COc1c(Cl)cc(Br)cc1C(O)CN. The highest BCUT2D eigenvalue weighted by Crippen LogP contribution is 2.35. The van der Waals surface area contributed by atoms with Crippen LogP contribution in [-0.2, 0) is 0 Å². The van der Waals surface area contributed by atoms with Crippen LogP contribution < -0.4 is 10.5 Å². The van der Waals surface area contributed by atoms with Crippen LogP contribution in [0.4, 0.5) is 0 Å². The maximum absolute atomic E-state index is 9.61. The summed E-state index contributed by atoms with van der Waals surface area (Å²) in [5.74, 6) is 0.466. The lowest BCUT2D eigenvalue weighted by molar-refractivity contribution is 0.182. The van der Waals surface area contributed by atoms with Gasteiger partial charge in [-0.25, -0.2) is 0 Å². The number of aliphatic hydroxyl groups is 1. The van der Waals surface area contributed by atoms with Crippen molar-refractivity contribution in [3.8, 4) is 5.75 Å². The Morgan fingerprint density at radius 3 is 2.79 bits per heavy atom. The van der Waals surface area contributed by atoms with Crippen LogP contribution in [-0.4, -0.2) is 18.8 Å². The van der Waals surface area contributed by atoms with Crippen LogP contribution in [0.15, 0.2) is 16.6 Å². The normalized spacial score (nSPS) is 12.6. The maximum atomic E-state index is 9.61. The van der Waals surface area contributed by atoms with Crippen LogP contribution in [0.25, 0.3) is 0 Å². The number of nitrogens with two attached hydrogens (primary N) is 1. The van der Waals surface area contributed by atoms with Crippen molar-refractivity contribution in [2.24, 2.45) is 5.73 Å². The molecule has 14 heavy (non-hydrogen) atoms. The zero-order valence-corrected chi connectivity index (χ0v) is 9.97. The predicted octanol–water partition coefficient (Wildman–Crippen LogP) is 2.10. The first kappa shape index (κ1) is 11.8. The molecule has 0 heterocycles. The Hall–Kier alpha value is -0.290. The van der Waals surface area contributed by atoms with E-state index in [-0.39, 0.29) is 6.54 Å². The minimum atomic E-state index is -0.764. The second-order valence-corrected chi connectivity index (χ2v) is 4.08. The van der Waals surface area contributed by atoms with Gasteiger partial charge in [0.2, 0.25) is 0 Å². The highest BCUT2D eigenvalue weighted by atomic mass is 79.9. The molecule has 0 amide bonds. The number of ether oxygens (including phenoxy) is 1. The molecule has 0 radical (unpaired) electrons. The minimum absolute atomic E-state index is 0.128. The summed E-state index contributed by atoms with van der Waals surface area (Å²) in [6.07, 6.45) is -0.764. The summed E-state index contributed by atoms with van der Waals surface area (Å²) in [4.78, 5) is 0. The van der Waals surface area contributed by atoms with Gasteiger partial charge >= 0.3 is 0 Å². The van der Waals surface area contributed by atoms with Crippen LogP contribution in [0.5, 0.6) is 5.75 Å². The molecule has 0 aliphatic rings. The minimum Gasteiger partial charge on any atom is -0.495 e. The third-order valence-electron chi connectivity index (χ3n) is 1.82. The van der Waals surface area contributed by atoms with Crippen LogP contribution in [0.1, 0.15) is 11.7 Å². The van der Waals surface area contributed by atoms with E-state index in [0.717, 1.165) is 4.47 Å². The summed E-state index contributed by atoms with van der Waals surface area (Å²) in [5.41, 5.74) is 5.96. The highest BCUT2D eigenvalue weighted by molar-refractivity contribution is 9.10. The topological polar surface area (TPSA) is 55.5 Å². The molecule has 1 unspecified atom stereocenters. The number of methoxy groups -OCH3 is 1. The van der Waals surface area contributed by atoms with E-state index in [1.54, 1.807) is 12.1 Å². The molecule has 0 aliphatic heterocycles. The van der Waals surface area contributed by atoms with Crippen molar-refractivity contribution in [1.82, 2.24) is 0 Å². The van der Waals surface area contributed by atoms with E-state index in [2.05, 4.69) is 15.9 Å². The zero-order valence-electron chi connectivity index (χ0n) is 7.63. The maximum Gasteiger partial charge on any atom is 0.143 e. The molecule has 0 bridgehead atoms. The molecule has 1 atom stereocenters. The summed E-state index contributed by atoms with van der Waals surface area (Å²) in [6.45, 7) is 0.128. The Kier molecular flexibility index (Phi) is 4.19. The van der Waals surface area contributed by atoms with Crippen molar-refractivity contribution in [1.29, 1.82) is 0 Å². The molecule has 3 N–H and O–H groups in total. The zero-order chi connectivity index (χ0) is 10.7. The number of halogens is 2. The van der Waals surface area contributed by atoms with Crippen molar-refractivity contribution < 1.29 is 9.84 Å². The third kappa shape index (κ3) is 2.39. The quantitative estimate of drug-likeness (QED) is 0.891. The first-order valence-electron chi connectivity index (χ1n) is 4.01. The van der Waals surface area contributed by atoms with Gasteiger partial charge in [0, 0.05) is 16.6 Å². The summed E-state index contributed by atoms with van der Waals surface area (Å²) in [7, 11) is 1.50. The molecule has 0 aliphatic carbocycles. The van der Waals surface area contributed by atoms with E-state index >= 15 is 0 Å². The van der Waals surface area contributed by atoms with Crippen molar-refractivity contribution in [2.75, 3.05) is 13.7 Å². The lowest BCUT2D eigenvalue weighted by Gasteiger charge is -2.14. The average Bonchev–Trinajstić information content (AvgIpc) is 2.15. The fourth-order valence-electron chi connectivity index (χ4n) is 1.17. The number of rotatable bonds is 3. The third-order valence-corrected chi connectivity index (χ3v) is 2.56. The van der Waals surface area contributed by atoms with Gasteiger partial charge < -0.3 is 15.6 Å². The fraction of sp³-hybridized carbons (Fsp3) is 0.333. The van der Waals surface area contributed by atoms with Gasteiger partial charge in [-0.05, 0) is 12.1 Å². The molecule has 0 fully saturated rings. The van der Waals surface area contributed by atoms with E-state index in [4.69, 9.17) is 22.1 Å². The van der Waals surface area contributed by atoms with E-state index in [0.29, 0.717) is 16.3 Å². The summed E-state index contributed by atoms with van der Waals surface area (Å²) >= 11 is 9.21. The van der Waals surface area contributed by atoms with Gasteiger partial charge in [0.15, 0.2) is 0 Å². The molecule has 78 valence electrons. The van der Waals surface area contributed by atoms with E-state index < -0.39 is 6.10 Å². The highest BCUT2D eigenvalue weighted by Gasteiger charge is 2.15. The van der Waals surface area contributed by atoms with Crippen LogP contribution in [0, 0.1) is 0 Å². The second kappa shape index (κ2) is 4.98. The Balaban J connectivity index is 3.24. The number of hydrogen-bond acceptors (Lipinski definition) is 3. The van der Waals surface area contributed by atoms with Crippen molar-refractivity contribution in [3.05, 3.63) is 27.2 Å². The van der Waals surface area contributed by atoms with Crippen molar-refractivity contribution in [2.45, 2.75) is 6.10 Å². The average molecular weight is 281 g/mol. The Bertz CT molecular complexity index is 333. The largest absolute Gasteiger partial charge is 0.495 e. The molecule has 0 saturated heterocycles. The van der Waals surface area contributed by atoms with Crippen molar-refractivity contribution >= 4 is 27.5 Å². The molecule has 0 saturated carbocycles. The second-order valence-electron chi connectivity index (χ2n) is 2.76. The molecule has 0 spiro atoms. The van der Waals surface area contributed by atoms with Gasteiger partial charge in [0.05, 0.1) is 18.2 Å². The lowest BCUT2D eigenvalue weighted by atomic mass is 10.1. The van der Waals surface area contributed by atoms with E-state index in [1.165, 1.54) is 7.11 Å². The Labute approximate surface area is 95.9 Å². The summed E-state index contributed by atoms with van der Waals surface area (Å²) < 4.78 is 5.87. The van der Waals surface area contributed by atoms with Gasteiger partial charge in [-0.15, -0.1) is 0 Å². The first-order chi connectivity index (χ1) is 6.60. The molecule has 3 nitrogen and oxygen atoms in total. The van der Waals surface area contributed by atoms with Crippen LogP contribution in [0.2, 0.25) is 5.02 Å². The van der Waals surface area contributed by atoms with Crippen LogP contribution in [0.3, 0.4) is 0 Å². The van der Waals surface area contributed by atoms with E-state index in [1.807, 2.05) is 0 Å². The molecule has 0 aromatic heterocycles. The Morgan fingerprint density at radius 2 is 2.29 bits per heavy atom. The standard InChI is InChI=1S/C9H11BrClNO2/c1-14-9-6(8(13)4-12)2-5(10)3-7(9)11/h2-3,8,13H,4,12H2,1H3. The summed E-state index contributed by atoms with van der Waals surface area (Å²) in [6, 6.07) is 3.44.